The van der Waals surface area contributed by atoms with E-state index in [1.165, 1.54) is 0 Å². The normalized spacial score (nSPS) is 13.0. The molecule has 0 unspecified atom stereocenters. The van der Waals surface area contributed by atoms with E-state index in [0.717, 1.165) is 23.4 Å². The summed E-state index contributed by atoms with van der Waals surface area (Å²) >= 11 is 0. The highest BCUT2D eigenvalue weighted by Gasteiger charge is 2.13. The molecule has 0 spiro atoms. The standard InChI is InChI=1S/C19H24N4O2/c1-4-6-15(11-12-20-5-2)7-8-16-9-10-17(23(3)13-14-24)19-18(16)21-25-22-19/h4,6-12,24H,5,13-14H2,1-3H3/b6-4-,8-7+,15-11+,20-12?. The maximum atomic E-state index is 9.12. The highest BCUT2D eigenvalue weighted by atomic mass is 16.6. The summed E-state index contributed by atoms with van der Waals surface area (Å²) < 4.78 is 4.94. The van der Waals surface area contributed by atoms with E-state index in [1.54, 1.807) is 6.21 Å². The second kappa shape index (κ2) is 9.54. The smallest absolute Gasteiger partial charge is 0.159 e. The molecule has 0 radical (unpaired) electrons. The Morgan fingerprint density at radius 2 is 2.08 bits per heavy atom. The van der Waals surface area contributed by atoms with Gasteiger partial charge in [-0.3, -0.25) is 4.99 Å². The second-order valence-electron chi connectivity index (χ2n) is 5.43. The minimum absolute atomic E-state index is 0.0712. The Kier molecular flexibility index (Phi) is 7.10. The molecule has 1 N–H and O–H groups in total. The Bertz CT molecular complexity index is 803. The number of anilines is 1. The third-order valence-corrected chi connectivity index (χ3v) is 3.64. The zero-order valence-corrected chi connectivity index (χ0v) is 14.9. The van der Waals surface area contributed by atoms with Crippen molar-refractivity contribution < 1.29 is 9.74 Å². The van der Waals surface area contributed by atoms with Crippen LogP contribution in [0.15, 0.2) is 51.6 Å². The Balaban J connectivity index is 2.35. The maximum absolute atomic E-state index is 9.12. The van der Waals surface area contributed by atoms with Gasteiger partial charge < -0.3 is 10.0 Å². The molecule has 132 valence electrons. The fourth-order valence-corrected chi connectivity index (χ4v) is 2.37. The zero-order valence-electron chi connectivity index (χ0n) is 14.9. The Morgan fingerprint density at radius 1 is 1.28 bits per heavy atom. The largest absolute Gasteiger partial charge is 0.395 e. The summed E-state index contributed by atoms with van der Waals surface area (Å²) in [6.45, 7) is 5.32. The van der Waals surface area contributed by atoms with Crippen LogP contribution in [0.3, 0.4) is 0 Å². The van der Waals surface area contributed by atoms with Gasteiger partial charge in [0, 0.05) is 31.9 Å². The number of allylic oxidation sites excluding steroid dienone is 5. The molecule has 6 heteroatoms. The highest BCUT2D eigenvalue weighted by Crippen LogP contribution is 2.27. The molecule has 0 aliphatic heterocycles. The van der Waals surface area contributed by atoms with E-state index >= 15 is 0 Å². The van der Waals surface area contributed by atoms with Gasteiger partial charge in [0.15, 0.2) is 5.52 Å². The topological polar surface area (TPSA) is 74.8 Å². The lowest BCUT2D eigenvalue weighted by Gasteiger charge is -2.17. The lowest BCUT2D eigenvalue weighted by atomic mass is 10.1. The molecule has 0 bridgehead atoms. The molecule has 0 atom stereocenters. The molecular weight excluding hydrogens is 316 g/mol. The first-order valence-electron chi connectivity index (χ1n) is 8.29. The first-order chi connectivity index (χ1) is 12.2. The zero-order chi connectivity index (χ0) is 18.1. The van der Waals surface area contributed by atoms with Gasteiger partial charge in [0.25, 0.3) is 0 Å². The molecule has 2 aromatic rings. The molecule has 2 rings (SSSR count). The average Bonchev–Trinajstić information content (AvgIpc) is 3.09. The minimum Gasteiger partial charge on any atom is -0.395 e. The van der Waals surface area contributed by atoms with Crippen molar-refractivity contribution in [3.05, 3.63) is 47.6 Å². The van der Waals surface area contributed by atoms with Crippen LogP contribution in [0.2, 0.25) is 0 Å². The summed E-state index contributed by atoms with van der Waals surface area (Å²) in [7, 11) is 1.90. The third-order valence-electron chi connectivity index (χ3n) is 3.64. The number of rotatable bonds is 8. The van der Waals surface area contributed by atoms with Gasteiger partial charge in [-0.05, 0) is 41.9 Å². The van der Waals surface area contributed by atoms with Gasteiger partial charge in [-0.2, -0.15) is 0 Å². The van der Waals surface area contributed by atoms with E-state index in [0.29, 0.717) is 17.6 Å². The SMILES string of the molecule is C\C=C/C(/C=C/c1ccc(N(C)CCO)c2nonc12)=C\C=NCC. The van der Waals surface area contributed by atoms with E-state index < -0.39 is 0 Å². The maximum Gasteiger partial charge on any atom is 0.159 e. The van der Waals surface area contributed by atoms with Gasteiger partial charge in [-0.1, -0.05) is 30.4 Å². The predicted octanol–water partition coefficient (Wildman–Crippen LogP) is 3.26. The summed E-state index contributed by atoms with van der Waals surface area (Å²) in [6, 6.07) is 3.93. The van der Waals surface area contributed by atoms with Crippen LogP contribution in [0.5, 0.6) is 0 Å². The van der Waals surface area contributed by atoms with E-state index in [9.17, 15) is 0 Å². The van der Waals surface area contributed by atoms with E-state index in [2.05, 4.69) is 15.3 Å². The van der Waals surface area contributed by atoms with Crippen molar-refractivity contribution in [3.8, 4) is 0 Å². The molecule has 1 aromatic carbocycles. The number of aliphatic imine (C=N–C) groups is 1. The van der Waals surface area contributed by atoms with E-state index in [1.807, 2.05) is 68.3 Å². The van der Waals surface area contributed by atoms with E-state index in [4.69, 9.17) is 9.74 Å². The quantitative estimate of drug-likeness (QED) is 0.590. The number of benzene rings is 1. The molecule has 0 saturated carbocycles. The number of hydrogen-bond acceptors (Lipinski definition) is 6. The molecule has 0 aliphatic rings. The number of nitrogens with zero attached hydrogens (tertiary/aromatic N) is 4. The monoisotopic (exact) mass is 340 g/mol. The molecule has 0 fully saturated rings. The van der Waals surface area contributed by atoms with Gasteiger partial charge in [0.05, 0.1) is 12.3 Å². The van der Waals surface area contributed by atoms with Crippen LogP contribution in [0.25, 0.3) is 17.1 Å². The van der Waals surface area contributed by atoms with Gasteiger partial charge >= 0.3 is 0 Å². The summed E-state index contributed by atoms with van der Waals surface area (Å²) in [4.78, 5) is 6.13. The Hall–Kier alpha value is -2.73. The van der Waals surface area contributed by atoms with Crippen LogP contribution in [0, 0.1) is 0 Å². The molecular formula is C19H24N4O2. The molecule has 0 saturated heterocycles. The highest BCUT2D eigenvalue weighted by molar-refractivity contribution is 5.93. The van der Waals surface area contributed by atoms with Crippen LogP contribution in [-0.2, 0) is 0 Å². The van der Waals surface area contributed by atoms with Gasteiger partial charge in [-0.25, -0.2) is 4.63 Å². The van der Waals surface area contributed by atoms with Crippen LogP contribution in [0.4, 0.5) is 5.69 Å². The molecule has 0 aliphatic carbocycles. The van der Waals surface area contributed by atoms with E-state index in [-0.39, 0.29) is 6.61 Å². The summed E-state index contributed by atoms with van der Waals surface area (Å²) in [5.41, 5.74) is 4.20. The number of likely N-dealkylation sites (N-methyl/N-ethyl adjacent to an activating group) is 1. The van der Waals surface area contributed by atoms with Crippen LogP contribution < -0.4 is 4.90 Å². The molecule has 1 heterocycles. The van der Waals surface area contributed by atoms with Crippen molar-refractivity contribution in [3.63, 3.8) is 0 Å². The van der Waals surface area contributed by atoms with Crippen molar-refractivity contribution in [2.24, 2.45) is 4.99 Å². The van der Waals surface area contributed by atoms with Crippen molar-refractivity contribution in [2.45, 2.75) is 13.8 Å². The number of aromatic nitrogens is 2. The lowest BCUT2D eigenvalue weighted by molar-refractivity contribution is 0.304. The second-order valence-corrected chi connectivity index (χ2v) is 5.43. The number of aliphatic hydroxyl groups excluding tert-OH is 1. The van der Waals surface area contributed by atoms with Gasteiger partial charge in [-0.15, -0.1) is 0 Å². The van der Waals surface area contributed by atoms with Crippen molar-refractivity contribution >= 4 is 29.0 Å². The van der Waals surface area contributed by atoms with Crippen molar-refractivity contribution in [1.82, 2.24) is 10.3 Å². The van der Waals surface area contributed by atoms with Gasteiger partial charge in [0.2, 0.25) is 0 Å². The number of fused-ring (bicyclic) bond motifs is 1. The summed E-state index contributed by atoms with van der Waals surface area (Å²) in [6.07, 6.45) is 11.7. The molecule has 6 nitrogen and oxygen atoms in total. The van der Waals surface area contributed by atoms with Crippen LogP contribution in [0.1, 0.15) is 19.4 Å². The first-order valence-corrected chi connectivity index (χ1v) is 8.29. The van der Waals surface area contributed by atoms with Crippen LogP contribution in [-0.4, -0.2) is 48.4 Å². The number of hydrogen-bond donors (Lipinski definition) is 1. The molecule has 0 amide bonds. The summed E-state index contributed by atoms with van der Waals surface area (Å²) in [5, 5.41) is 17.2. The first kappa shape index (κ1) is 18.6. The Labute approximate surface area is 147 Å². The molecule has 1 aromatic heterocycles. The Morgan fingerprint density at radius 3 is 2.80 bits per heavy atom. The fraction of sp³-hybridized carbons (Fsp3) is 0.316. The minimum atomic E-state index is 0.0712. The predicted molar refractivity (Wildman–Crippen MR) is 103 cm³/mol. The van der Waals surface area contributed by atoms with Gasteiger partial charge in [0.1, 0.15) is 5.52 Å². The van der Waals surface area contributed by atoms with Crippen molar-refractivity contribution in [1.29, 1.82) is 0 Å². The fourth-order valence-electron chi connectivity index (χ4n) is 2.37. The molecule has 25 heavy (non-hydrogen) atoms. The third kappa shape index (κ3) is 4.87. The number of aliphatic hydroxyl groups is 1. The average molecular weight is 340 g/mol. The lowest BCUT2D eigenvalue weighted by Crippen LogP contribution is -2.21. The van der Waals surface area contributed by atoms with Crippen molar-refractivity contribution in [2.75, 3.05) is 31.6 Å². The van der Waals surface area contributed by atoms with Crippen LogP contribution >= 0.6 is 0 Å². The summed E-state index contributed by atoms with van der Waals surface area (Å²) in [5.74, 6) is 0.